The van der Waals surface area contributed by atoms with Crippen LogP contribution in [-0.2, 0) is 11.2 Å². The lowest BCUT2D eigenvalue weighted by atomic mass is 9.97. The van der Waals surface area contributed by atoms with Gasteiger partial charge >= 0.3 is 0 Å². The van der Waals surface area contributed by atoms with Gasteiger partial charge in [0.2, 0.25) is 5.91 Å². The molecule has 0 unspecified atom stereocenters. The number of allylic oxidation sites excluding steroid dienone is 3. The highest BCUT2D eigenvalue weighted by molar-refractivity contribution is 5.95. The lowest BCUT2D eigenvalue weighted by Crippen LogP contribution is -2.27. The molecule has 0 saturated carbocycles. The van der Waals surface area contributed by atoms with Crippen LogP contribution >= 0.6 is 0 Å². The van der Waals surface area contributed by atoms with Crippen LogP contribution in [0.1, 0.15) is 16.8 Å². The van der Waals surface area contributed by atoms with E-state index in [1.807, 2.05) is 38.4 Å². The number of carbonyl (C=O) groups is 1. The lowest BCUT2D eigenvalue weighted by Gasteiger charge is -2.10. The van der Waals surface area contributed by atoms with E-state index in [-0.39, 0.29) is 18.3 Å². The van der Waals surface area contributed by atoms with Crippen molar-refractivity contribution in [2.45, 2.75) is 6.42 Å². The maximum absolute atomic E-state index is 13.6. The number of nitrogens with one attached hydrogen (secondary N) is 3. The van der Waals surface area contributed by atoms with Crippen LogP contribution in [-0.4, -0.2) is 56.6 Å². The number of H-pyrrole nitrogens is 2. The molecule has 200 valence electrons. The predicted octanol–water partition coefficient (Wildman–Crippen LogP) is 4.48. The van der Waals surface area contributed by atoms with Gasteiger partial charge in [-0.25, -0.2) is 9.37 Å². The summed E-state index contributed by atoms with van der Waals surface area (Å²) in [5.74, 6) is -0.405. The molecule has 4 aromatic heterocycles. The Morgan fingerprint density at radius 1 is 1.05 bits per heavy atom. The van der Waals surface area contributed by atoms with Gasteiger partial charge in [0.15, 0.2) is 5.65 Å². The molecule has 1 aliphatic rings. The number of carbonyl (C=O) groups excluding carboxylic acids is 1. The van der Waals surface area contributed by atoms with Gasteiger partial charge in [-0.1, -0.05) is 18.2 Å². The third kappa shape index (κ3) is 4.99. The van der Waals surface area contributed by atoms with Gasteiger partial charge in [0.05, 0.1) is 29.8 Å². The Morgan fingerprint density at radius 3 is 2.65 bits per heavy atom. The number of benzene rings is 1. The molecule has 5 N–H and O–H groups in total. The number of pyridine rings is 2. The molecule has 1 amide bonds. The summed E-state index contributed by atoms with van der Waals surface area (Å²) < 4.78 is 13.6. The zero-order valence-corrected chi connectivity index (χ0v) is 22.0. The van der Waals surface area contributed by atoms with Crippen LogP contribution in [0.15, 0.2) is 78.9 Å². The zero-order chi connectivity index (χ0) is 27.8. The van der Waals surface area contributed by atoms with Crippen molar-refractivity contribution in [2.24, 2.45) is 5.73 Å². The largest absolute Gasteiger partial charge is 0.402 e. The number of halogens is 1. The first kappa shape index (κ1) is 25.2. The van der Waals surface area contributed by atoms with Crippen molar-refractivity contribution in [3.8, 4) is 22.5 Å². The van der Waals surface area contributed by atoms with Crippen molar-refractivity contribution < 1.29 is 9.18 Å². The molecule has 0 radical (unpaired) electrons. The molecular formula is C30H27FN8O. The molecule has 5 aromatic rings. The zero-order valence-electron chi connectivity index (χ0n) is 22.0. The lowest BCUT2D eigenvalue weighted by molar-refractivity contribution is -0.116. The molecule has 0 aliphatic heterocycles. The number of anilines is 1. The van der Waals surface area contributed by atoms with Crippen LogP contribution < -0.4 is 11.1 Å². The molecule has 0 saturated heterocycles. The summed E-state index contributed by atoms with van der Waals surface area (Å²) in [5, 5.41) is 11.2. The van der Waals surface area contributed by atoms with E-state index in [4.69, 9.17) is 5.73 Å². The van der Waals surface area contributed by atoms with Crippen LogP contribution in [0, 0.1) is 5.82 Å². The summed E-state index contributed by atoms with van der Waals surface area (Å²) >= 11 is 0. The first-order valence-electron chi connectivity index (χ1n) is 12.7. The summed E-state index contributed by atoms with van der Waals surface area (Å²) in [6, 6.07) is 12.4. The fourth-order valence-corrected chi connectivity index (χ4v) is 4.85. The number of likely N-dealkylation sites (N-methyl/N-ethyl adjacent to an activating group) is 1. The van der Waals surface area contributed by atoms with Gasteiger partial charge in [-0.3, -0.25) is 14.9 Å². The summed E-state index contributed by atoms with van der Waals surface area (Å²) in [5.41, 5.74) is 15.2. The number of aromatic nitrogens is 5. The molecule has 0 bridgehead atoms. The monoisotopic (exact) mass is 534 g/mol. The van der Waals surface area contributed by atoms with E-state index in [9.17, 15) is 9.18 Å². The third-order valence-corrected chi connectivity index (χ3v) is 6.68. The van der Waals surface area contributed by atoms with Crippen molar-refractivity contribution in [1.29, 1.82) is 0 Å². The average Bonchev–Trinajstić information content (AvgIpc) is 3.49. The highest BCUT2D eigenvalue weighted by Crippen LogP contribution is 2.36. The number of rotatable bonds is 6. The fraction of sp³-hybridized carbons (Fsp3) is 0.133. The Labute approximate surface area is 229 Å². The standard InChI is InChI=1S/C30H27FN8O/c1-39(2)16-28(40)35-22-9-18(13-33-15-22)19-10-25-29(37-38-30(25)34-14-19)27-12-24-23(17-3-5-20(31)6-4-17)8-7-21(32)11-26(24)36-27/h3-10,12-15,36H,11,16,32H2,1-2H3,(H,35,40)(H,34,37,38). The minimum Gasteiger partial charge on any atom is -0.402 e. The van der Waals surface area contributed by atoms with Crippen molar-refractivity contribution in [2.75, 3.05) is 26.0 Å². The van der Waals surface area contributed by atoms with Gasteiger partial charge in [0.1, 0.15) is 5.82 Å². The van der Waals surface area contributed by atoms with Crippen LogP contribution in [0.4, 0.5) is 10.1 Å². The Hall–Kier alpha value is -5.09. The van der Waals surface area contributed by atoms with Gasteiger partial charge in [0.25, 0.3) is 0 Å². The summed E-state index contributed by atoms with van der Waals surface area (Å²) in [6.45, 7) is 0.274. The van der Waals surface area contributed by atoms with E-state index in [1.54, 1.807) is 35.6 Å². The number of fused-ring (bicyclic) bond motifs is 2. The first-order chi connectivity index (χ1) is 19.3. The van der Waals surface area contributed by atoms with Crippen LogP contribution in [0.3, 0.4) is 0 Å². The Morgan fingerprint density at radius 2 is 1.85 bits per heavy atom. The molecule has 0 spiro atoms. The van der Waals surface area contributed by atoms with E-state index < -0.39 is 0 Å². The second-order valence-electron chi connectivity index (χ2n) is 10.0. The first-order valence-corrected chi connectivity index (χ1v) is 12.7. The van der Waals surface area contributed by atoms with E-state index >= 15 is 0 Å². The van der Waals surface area contributed by atoms with Crippen LogP contribution in [0.5, 0.6) is 0 Å². The van der Waals surface area contributed by atoms with Crippen LogP contribution in [0.25, 0.3) is 39.1 Å². The molecule has 0 atom stereocenters. The maximum atomic E-state index is 13.6. The topological polar surface area (TPSA) is 129 Å². The van der Waals surface area contributed by atoms with Gasteiger partial charge in [0, 0.05) is 52.3 Å². The van der Waals surface area contributed by atoms with Crippen molar-refractivity contribution in [3.05, 3.63) is 102 Å². The number of nitrogens with two attached hydrogens (primary N) is 1. The van der Waals surface area contributed by atoms with E-state index in [2.05, 4.69) is 36.5 Å². The van der Waals surface area contributed by atoms with Crippen molar-refractivity contribution in [1.82, 2.24) is 30.0 Å². The number of aromatic amines is 2. The van der Waals surface area contributed by atoms with Gasteiger partial charge in [-0.05, 0) is 61.6 Å². The second-order valence-corrected chi connectivity index (χ2v) is 10.0. The predicted molar refractivity (Wildman–Crippen MR) is 154 cm³/mol. The number of hydrogen-bond donors (Lipinski definition) is 4. The van der Waals surface area contributed by atoms with E-state index in [0.29, 0.717) is 17.8 Å². The second kappa shape index (κ2) is 10.2. The molecule has 40 heavy (non-hydrogen) atoms. The molecule has 4 heterocycles. The maximum Gasteiger partial charge on any atom is 0.238 e. The minimum atomic E-state index is -0.285. The Kier molecular flexibility index (Phi) is 6.45. The summed E-state index contributed by atoms with van der Waals surface area (Å²) in [4.78, 5) is 26.4. The van der Waals surface area contributed by atoms with Crippen molar-refractivity contribution in [3.63, 3.8) is 0 Å². The molecule has 6 rings (SSSR count). The number of amides is 1. The van der Waals surface area contributed by atoms with Crippen molar-refractivity contribution >= 4 is 28.2 Å². The summed E-state index contributed by atoms with van der Waals surface area (Å²) in [6.07, 6.45) is 9.48. The third-order valence-electron chi connectivity index (χ3n) is 6.68. The SMILES string of the molecule is CN(C)CC(=O)Nc1cncc(-c2cnc3n[nH]c(-c4cc5c([nH]4)CC(N)=CC=C5c4ccc(F)cc4)c3c2)c1. The smallest absolute Gasteiger partial charge is 0.238 e. The Bertz CT molecular complexity index is 1800. The van der Waals surface area contributed by atoms with Gasteiger partial charge in [-0.15, -0.1) is 0 Å². The minimum absolute atomic E-state index is 0.120. The van der Waals surface area contributed by atoms with Gasteiger partial charge < -0.3 is 20.9 Å². The van der Waals surface area contributed by atoms with Crippen LogP contribution in [0.2, 0.25) is 0 Å². The molecular weight excluding hydrogens is 507 g/mol. The molecule has 10 heteroatoms. The fourth-order valence-electron chi connectivity index (χ4n) is 4.85. The molecule has 1 aliphatic carbocycles. The molecule has 1 aromatic carbocycles. The highest BCUT2D eigenvalue weighted by atomic mass is 19.1. The normalized spacial score (nSPS) is 13.1. The average molecular weight is 535 g/mol. The van der Waals surface area contributed by atoms with E-state index in [0.717, 1.165) is 56.0 Å². The number of hydrogen-bond acceptors (Lipinski definition) is 6. The van der Waals surface area contributed by atoms with E-state index in [1.165, 1.54) is 12.1 Å². The van der Waals surface area contributed by atoms with Gasteiger partial charge in [-0.2, -0.15) is 5.10 Å². The summed E-state index contributed by atoms with van der Waals surface area (Å²) in [7, 11) is 3.68. The number of nitrogens with zero attached hydrogens (tertiary/aromatic N) is 4. The quantitative estimate of drug-likeness (QED) is 0.254. The molecule has 9 nitrogen and oxygen atoms in total. The molecule has 0 fully saturated rings. The highest BCUT2D eigenvalue weighted by Gasteiger charge is 2.20. The Balaban J connectivity index is 1.37.